The summed E-state index contributed by atoms with van der Waals surface area (Å²) in [7, 11) is 0. The third kappa shape index (κ3) is 2.72. The number of nitrogens with zero attached hydrogens (tertiary/aromatic N) is 2. The average molecular weight is 272 g/mol. The first-order valence-corrected chi connectivity index (χ1v) is 6.69. The van der Waals surface area contributed by atoms with E-state index in [4.69, 9.17) is 5.73 Å². The topological polar surface area (TPSA) is 72.9 Å². The van der Waals surface area contributed by atoms with Crippen LogP contribution in [0.5, 0.6) is 0 Å². The highest BCUT2D eigenvalue weighted by Gasteiger charge is 2.30. The van der Waals surface area contributed by atoms with E-state index in [0.29, 0.717) is 13.0 Å². The van der Waals surface area contributed by atoms with Crippen LogP contribution in [0.15, 0.2) is 43.0 Å². The zero-order chi connectivity index (χ0) is 14.6. The van der Waals surface area contributed by atoms with Gasteiger partial charge in [-0.25, -0.2) is 4.98 Å². The first kappa shape index (κ1) is 14.3. The van der Waals surface area contributed by atoms with Crippen molar-refractivity contribution in [2.24, 2.45) is 11.1 Å². The Labute approximate surface area is 118 Å². The third-order valence-electron chi connectivity index (χ3n) is 3.71. The third-order valence-corrected chi connectivity index (χ3v) is 3.71. The molecule has 0 fully saturated rings. The van der Waals surface area contributed by atoms with Crippen molar-refractivity contribution in [2.75, 3.05) is 11.9 Å². The van der Waals surface area contributed by atoms with Crippen LogP contribution in [0.2, 0.25) is 0 Å². The number of para-hydroxylation sites is 2. The molecule has 0 saturated carbocycles. The van der Waals surface area contributed by atoms with Gasteiger partial charge >= 0.3 is 0 Å². The van der Waals surface area contributed by atoms with Crippen LogP contribution in [0.25, 0.3) is 5.69 Å². The predicted molar refractivity (Wildman–Crippen MR) is 79.6 cm³/mol. The molecule has 3 N–H and O–H groups in total. The predicted octanol–water partition coefficient (Wildman–Crippen LogP) is 2.19. The molecule has 0 radical (unpaired) electrons. The van der Waals surface area contributed by atoms with Crippen LogP contribution in [0.4, 0.5) is 5.69 Å². The fourth-order valence-corrected chi connectivity index (χ4v) is 1.88. The fraction of sp³-hybridized carbons (Fsp3) is 0.333. The normalized spacial score (nSPS) is 13.8. The second-order valence-electron chi connectivity index (χ2n) is 5.06. The lowest BCUT2D eigenvalue weighted by Gasteiger charge is -2.25. The van der Waals surface area contributed by atoms with Crippen molar-refractivity contribution in [3.63, 3.8) is 0 Å². The highest BCUT2D eigenvalue weighted by molar-refractivity contribution is 5.96. The van der Waals surface area contributed by atoms with E-state index in [0.717, 1.165) is 11.4 Å². The molecule has 1 aromatic heterocycles. The van der Waals surface area contributed by atoms with E-state index in [1.807, 2.05) is 48.9 Å². The van der Waals surface area contributed by atoms with E-state index in [2.05, 4.69) is 10.3 Å². The number of rotatable bonds is 5. The molecule has 2 aromatic rings. The second kappa shape index (κ2) is 5.88. The van der Waals surface area contributed by atoms with Crippen molar-refractivity contribution < 1.29 is 4.79 Å². The molecular formula is C15H20N4O. The van der Waals surface area contributed by atoms with Crippen molar-refractivity contribution >= 4 is 11.6 Å². The van der Waals surface area contributed by atoms with Crippen molar-refractivity contribution in [3.8, 4) is 5.69 Å². The zero-order valence-electron chi connectivity index (χ0n) is 11.8. The minimum absolute atomic E-state index is 0.0601. The summed E-state index contributed by atoms with van der Waals surface area (Å²) in [6, 6.07) is 7.62. The van der Waals surface area contributed by atoms with Gasteiger partial charge in [0.15, 0.2) is 0 Å². The number of nitrogens with one attached hydrogen (secondary N) is 1. The number of hydrogen-bond acceptors (Lipinski definition) is 3. The number of hydrogen-bond donors (Lipinski definition) is 2. The summed E-state index contributed by atoms with van der Waals surface area (Å²) in [5.74, 6) is -0.0601. The van der Waals surface area contributed by atoms with Crippen molar-refractivity contribution in [1.82, 2.24) is 9.55 Å². The number of benzene rings is 1. The van der Waals surface area contributed by atoms with Crippen LogP contribution < -0.4 is 11.1 Å². The maximum absolute atomic E-state index is 12.4. The lowest BCUT2D eigenvalue weighted by Crippen LogP contribution is -2.39. The first-order valence-electron chi connectivity index (χ1n) is 6.69. The minimum atomic E-state index is -0.554. The van der Waals surface area contributed by atoms with Gasteiger partial charge < -0.3 is 15.6 Å². The molecule has 20 heavy (non-hydrogen) atoms. The number of imidazole rings is 1. The highest BCUT2D eigenvalue weighted by Crippen LogP contribution is 2.25. The molecule has 0 aliphatic carbocycles. The molecule has 1 unspecified atom stereocenters. The Morgan fingerprint density at radius 1 is 1.45 bits per heavy atom. The molecule has 1 amide bonds. The molecule has 0 saturated heterocycles. The summed E-state index contributed by atoms with van der Waals surface area (Å²) >= 11 is 0. The van der Waals surface area contributed by atoms with Gasteiger partial charge in [-0.3, -0.25) is 4.79 Å². The Balaban J connectivity index is 2.29. The minimum Gasteiger partial charge on any atom is -0.329 e. The summed E-state index contributed by atoms with van der Waals surface area (Å²) < 4.78 is 1.86. The van der Waals surface area contributed by atoms with Crippen LogP contribution in [-0.2, 0) is 4.79 Å². The molecule has 5 heteroatoms. The number of carbonyl (C=O) groups is 1. The van der Waals surface area contributed by atoms with Gasteiger partial charge in [0.25, 0.3) is 0 Å². The average Bonchev–Trinajstić information content (AvgIpc) is 3.01. The van der Waals surface area contributed by atoms with Crippen molar-refractivity contribution in [3.05, 3.63) is 43.0 Å². The van der Waals surface area contributed by atoms with Gasteiger partial charge in [0.05, 0.1) is 23.1 Å². The van der Waals surface area contributed by atoms with E-state index >= 15 is 0 Å². The van der Waals surface area contributed by atoms with Crippen molar-refractivity contribution in [2.45, 2.75) is 20.3 Å². The van der Waals surface area contributed by atoms with E-state index in [1.165, 1.54) is 0 Å². The van der Waals surface area contributed by atoms with E-state index < -0.39 is 5.41 Å². The van der Waals surface area contributed by atoms with Crippen LogP contribution in [0, 0.1) is 5.41 Å². The summed E-state index contributed by atoms with van der Waals surface area (Å²) in [6.45, 7) is 4.17. The van der Waals surface area contributed by atoms with E-state index in [1.54, 1.807) is 12.5 Å². The van der Waals surface area contributed by atoms with Gasteiger partial charge in [0.1, 0.15) is 0 Å². The Morgan fingerprint density at radius 2 is 2.20 bits per heavy atom. The molecule has 1 heterocycles. The maximum atomic E-state index is 12.4. The summed E-state index contributed by atoms with van der Waals surface area (Å²) in [5.41, 5.74) is 6.81. The highest BCUT2D eigenvalue weighted by atomic mass is 16.2. The monoisotopic (exact) mass is 272 g/mol. The molecule has 1 aromatic carbocycles. The maximum Gasteiger partial charge on any atom is 0.231 e. The van der Waals surface area contributed by atoms with E-state index in [-0.39, 0.29) is 5.91 Å². The number of nitrogens with two attached hydrogens (primary N) is 1. The summed E-state index contributed by atoms with van der Waals surface area (Å²) in [6.07, 6.45) is 5.94. The van der Waals surface area contributed by atoms with Crippen LogP contribution in [0.1, 0.15) is 20.3 Å². The molecule has 0 spiro atoms. The molecule has 2 rings (SSSR count). The quantitative estimate of drug-likeness (QED) is 0.876. The smallest absolute Gasteiger partial charge is 0.231 e. The molecule has 0 aliphatic heterocycles. The number of anilines is 1. The molecular weight excluding hydrogens is 252 g/mol. The van der Waals surface area contributed by atoms with Gasteiger partial charge in [0, 0.05) is 18.9 Å². The Bertz CT molecular complexity index is 573. The number of amides is 1. The van der Waals surface area contributed by atoms with Gasteiger partial charge in [-0.05, 0) is 25.5 Å². The first-order chi connectivity index (χ1) is 9.60. The van der Waals surface area contributed by atoms with Crippen LogP contribution >= 0.6 is 0 Å². The summed E-state index contributed by atoms with van der Waals surface area (Å²) in [5, 5.41) is 2.97. The molecule has 5 nitrogen and oxygen atoms in total. The Hall–Kier alpha value is -2.14. The lowest BCUT2D eigenvalue weighted by molar-refractivity contribution is -0.124. The van der Waals surface area contributed by atoms with Crippen molar-refractivity contribution in [1.29, 1.82) is 0 Å². The second-order valence-corrected chi connectivity index (χ2v) is 5.06. The van der Waals surface area contributed by atoms with Gasteiger partial charge in [0.2, 0.25) is 5.91 Å². The lowest BCUT2D eigenvalue weighted by atomic mass is 9.86. The Kier molecular flexibility index (Phi) is 4.20. The number of aromatic nitrogens is 2. The Morgan fingerprint density at radius 3 is 2.80 bits per heavy atom. The largest absolute Gasteiger partial charge is 0.329 e. The molecule has 106 valence electrons. The molecule has 0 aliphatic rings. The van der Waals surface area contributed by atoms with Gasteiger partial charge in [-0.15, -0.1) is 0 Å². The standard InChI is InChI=1S/C15H20N4O/c1-3-15(2,10-16)14(20)18-12-6-4-5-7-13(12)19-9-8-17-11-19/h4-9,11H,3,10,16H2,1-2H3,(H,18,20). The molecule has 1 atom stereocenters. The molecule has 0 bridgehead atoms. The van der Waals surface area contributed by atoms with Gasteiger partial charge in [-0.2, -0.15) is 0 Å². The number of carbonyl (C=O) groups excluding carboxylic acids is 1. The van der Waals surface area contributed by atoms with Crippen LogP contribution in [0.3, 0.4) is 0 Å². The van der Waals surface area contributed by atoms with E-state index in [9.17, 15) is 4.79 Å². The summed E-state index contributed by atoms with van der Waals surface area (Å²) in [4.78, 5) is 16.4. The zero-order valence-corrected chi connectivity index (χ0v) is 11.8. The SMILES string of the molecule is CCC(C)(CN)C(=O)Nc1ccccc1-n1ccnc1. The van der Waals surface area contributed by atoms with Crippen LogP contribution in [-0.4, -0.2) is 22.0 Å². The fourth-order valence-electron chi connectivity index (χ4n) is 1.88. The van der Waals surface area contributed by atoms with Gasteiger partial charge in [-0.1, -0.05) is 19.1 Å².